The molecule has 1 saturated heterocycles. The fourth-order valence-corrected chi connectivity index (χ4v) is 5.61. The van der Waals surface area contributed by atoms with Crippen LogP contribution >= 0.6 is 0 Å². The van der Waals surface area contributed by atoms with E-state index in [1.54, 1.807) is 25.6 Å². The number of piperidine rings is 1. The van der Waals surface area contributed by atoms with Gasteiger partial charge in [-0.25, -0.2) is 18.7 Å². The molecule has 2 aliphatic carbocycles. The second kappa shape index (κ2) is 7.08. The number of methoxy groups -OCH3 is 1. The molecule has 3 aliphatic rings. The smallest absolute Gasteiger partial charge is 0.316 e. The van der Waals surface area contributed by atoms with Gasteiger partial charge >= 0.3 is 6.01 Å². The SMILES string of the molecule is CNc1cc(F)c(F)c2c1Cc1ncc(-c3cnc(OC)nc3)c(N3CC4CC4(CN)C3)c1-2. The summed E-state index contributed by atoms with van der Waals surface area (Å²) < 4.78 is 35.0. The number of pyridine rings is 1. The van der Waals surface area contributed by atoms with Gasteiger partial charge in [-0.15, -0.1) is 0 Å². The summed E-state index contributed by atoms with van der Waals surface area (Å²) in [4.78, 5) is 15.4. The summed E-state index contributed by atoms with van der Waals surface area (Å²) in [5, 5.41) is 3.01. The Morgan fingerprint density at radius 2 is 2.00 bits per heavy atom. The molecule has 2 atom stereocenters. The lowest BCUT2D eigenvalue weighted by Crippen LogP contribution is -2.29. The van der Waals surface area contributed by atoms with E-state index in [4.69, 9.17) is 10.5 Å². The lowest BCUT2D eigenvalue weighted by atomic mass is 9.97. The van der Waals surface area contributed by atoms with Gasteiger partial charge in [-0.1, -0.05) is 0 Å². The van der Waals surface area contributed by atoms with Crippen LogP contribution in [0, 0.1) is 23.0 Å². The number of rotatable bonds is 5. The summed E-state index contributed by atoms with van der Waals surface area (Å²) in [6, 6.07) is 1.47. The molecule has 3 N–H and O–H groups in total. The number of hydrogen-bond donors (Lipinski definition) is 2. The van der Waals surface area contributed by atoms with E-state index in [-0.39, 0.29) is 17.0 Å². The predicted molar refractivity (Wildman–Crippen MR) is 121 cm³/mol. The van der Waals surface area contributed by atoms with Gasteiger partial charge in [-0.05, 0) is 24.4 Å². The minimum Gasteiger partial charge on any atom is -0.467 e. The van der Waals surface area contributed by atoms with E-state index < -0.39 is 11.6 Å². The first-order valence-electron chi connectivity index (χ1n) is 11.0. The first-order chi connectivity index (χ1) is 16.0. The van der Waals surface area contributed by atoms with Crippen molar-refractivity contribution in [1.29, 1.82) is 0 Å². The molecule has 1 saturated carbocycles. The third kappa shape index (κ3) is 2.84. The van der Waals surface area contributed by atoms with Crippen LogP contribution in [0.1, 0.15) is 17.7 Å². The van der Waals surface area contributed by atoms with Gasteiger partial charge in [0.2, 0.25) is 0 Å². The van der Waals surface area contributed by atoms with Crippen LogP contribution in [0.3, 0.4) is 0 Å². The van der Waals surface area contributed by atoms with Crippen molar-refractivity contribution in [3.05, 3.63) is 47.5 Å². The monoisotopic (exact) mass is 450 g/mol. The number of halogens is 2. The fourth-order valence-electron chi connectivity index (χ4n) is 5.61. The van der Waals surface area contributed by atoms with Crippen LogP contribution in [0.5, 0.6) is 6.01 Å². The Balaban J connectivity index is 1.59. The Morgan fingerprint density at radius 3 is 2.67 bits per heavy atom. The molecular weight excluding hydrogens is 426 g/mol. The summed E-state index contributed by atoms with van der Waals surface area (Å²) in [7, 11) is 3.22. The van der Waals surface area contributed by atoms with Crippen LogP contribution in [-0.4, -0.2) is 48.7 Å². The summed E-state index contributed by atoms with van der Waals surface area (Å²) in [6.07, 6.45) is 6.68. The average molecular weight is 450 g/mol. The Bertz CT molecular complexity index is 1280. The van der Waals surface area contributed by atoms with Crippen molar-refractivity contribution in [3.8, 4) is 28.3 Å². The molecule has 170 valence electrons. The number of aromatic nitrogens is 3. The van der Waals surface area contributed by atoms with Crippen molar-refractivity contribution in [2.24, 2.45) is 17.1 Å². The average Bonchev–Trinajstić information content (AvgIpc) is 3.20. The lowest BCUT2D eigenvalue weighted by Gasteiger charge is -2.28. The number of hydrogen-bond acceptors (Lipinski definition) is 7. The van der Waals surface area contributed by atoms with Crippen molar-refractivity contribution in [1.82, 2.24) is 15.0 Å². The number of anilines is 2. The van der Waals surface area contributed by atoms with E-state index in [1.165, 1.54) is 13.2 Å². The Labute approximate surface area is 190 Å². The summed E-state index contributed by atoms with van der Waals surface area (Å²) in [5.74, 6) is -1.21. The molecule has 1 aromatic carbocycles. The van der Waals surface area contributed by atoms with Gasteiger partial charge in [0.1, 0.15) is 0 Å². The standard InChI is InChI=1S/C24H24F2N6O/c1-28-17-4-16(25)21(26)19-14(17)3-18-20(19)22(32-9-13-5-24(13,10-27)11-32)15(8-29-18)12-6-30-23(33-2)31-7-12/h4,6-8,13,28H,3,5,9-11,27H2,1-2H3. The van der Waals surface area contributed by atoms with Crippen LogP contribution in [0.15, 0.2) is 24.7 Å². The van der Waals surface area contributed by atoms with E-state index in [0.717, 1.165) is 47.6 Å². The zero-order chi connectivity index (χ0) is 22.9. The molecule has 2 aromatic heterocycles. The molecule has 6 rings (SSSR count). The minimum atomic E-state index is -0.877. The quantitative estimate of drug-likeness (QED) is 0.483. The number of nitrogens with zero attached hydrogens (tertiary/aromatic N) is 4. The molecule has 2 fully saturated rings. The molecule has 0 spiro atoms. The molecule has 1 aliphatic heterocycles. The van der Waals surface area contributed by atoms with Crippen molar-refractivity contribution < 1.29 is 13.5 Å². The molecule has 2 unspecified atom stereocenters. The second-order valence-electron chi connectivity index (χ2n) is 9.15. The zero-order valence-electron chi connectivity index (χ0n) is 18.5. The minimum absolute atomic E-state index is 0.0991. The molecule has 33 heavy (non-hydrogen) atoms. The summed E-state index contributed by atoms with van der Waals surface area (Å²) >= 11 is 0. The number of nitrogens with one attached hydrogen (secondary N) is 1. The predicted octanol–water partition coefficient (Wildman–Crippen LogP) is 3.22. The lowest BCUT2D eigenvalue weighted by molar-refractivity contribution is 0.380. The third-order valence-electron chi connectivity index (χ3n) is 7.47. The topological polar surface area (TPSA) is 89.2 Å². The highest BCUT2D eigenvalue weighted by atomic mass is 19.2. The number of nitrogens with two attached hydrogens (primary N) is 1. The zero-order valence-corrected chi connectivity index (χ0v) is 18.5. The molecular formula is C24H24F2N6O. The van der Waals surface area contributed by atoms with E-state index in [2.05, 4.69) is 25.2 Å². The van der Waals surface area contributed by atoms with Gasteiger partial charge in [-0.2, -0.15) is 0 Å². The molecule has 0 radical (unpaired) electrons. The van der Waals surface area contributed by atoms with E-state index >= 15 is 4.39 Å². The molecule has 7 nitrogen and oxygen atoms in total. The van der Waals surface area contributed by atoms with Crippen molar-refractivity contribution in [2.75, 3.05) is 44.0 Å². The van der Waals surface area contributed by atoms with Gasteiger partial charge in [0.25, 0.3) is 0 Å². The molecule has 9 heteroatoms. The van der Waals surface area contributed by atoms with Crippen LogP contribution in [0.2, 0.25) is 0 Å². The Hall–Kier alpha value is -3.33. The van der Waals surface area contributed by atoms with Crippen LogP contribution < -0.4 is 20.7 Å². The first kappa shape index (κ1) is 20.3. The maximum Gasteiger partial charge on any atom is 0.316 e. The van der Waals surface area contributed by atoms with Crippen molar-refractivity contribution in [3.63, 3.8) is 0 Å². The summed E-state index contributed by atoms with van der Waals surface area (Å²) in [5.41, 5.74) is 11.6. The van der Waals surface area contributed by atoms with E-state index in [9.17, 15) is 4.39 Å². The normalized spacial score (nSPS) is 22.1. The highest BCUT2D eigenvalue weighted by molar-refractivity contribution is 5.96. The van der Waals surface area contributed by atoms with Gasteiger partial charge in [0.15, 0.2) is 11.6 Å². The Kier molecular flexibility index (Phi) is 4.35. The van der Waals surface area contributed by atoms with Crippen molar-refractivity contribution >= 4 is 11.4 Å². The van der Waals surface area contributed by atoms with E-state index in [1.807, 2.05) is 0 Å². The highest BCUT2D eigenvalue weighted by Crippen LogP contribution is 2.60. The maximum atomic E-state index is 15.3. The van der Waals surface area contributed by atoms with Gasteiger partial charge < -0.3 is 20.7 Å². The fraction of sp³-hybridized carbons (Fsp3) is 0.375. The largest absolute Gasteiger partial charge is 0.467 e. The van der Waals surface area contributed by atoms with E-state index in [0.29, 0.717) is 30.1 Å². The maximum absolute atomic E-state index is 15.3. The van der Waals surface area contributed by atoms with Gasteiger partial charge in [0.05, 0.1) is 18.5 Å². The number of fused-ring (bicyclic) bond motifs is 4. The van der Waals surface area contributed by atoms with Crippen LogP contribution in [0.4, 0.5) is 20.2 Å². The van der Waals surface area contributed by atoms with Gasteiger partial charge in [-0.3, -0.25) is 4.98 Å². The number of benzene rings is 1. The summed E-state index contributed by atoms with van der Waals surface area (Å²) in [6.45, 7) is 2.22. The molecule has 3 heterocycles. The molecule has 0 amide bonds. The first-order valence-corrected chi connectivity index (χ1v) is 11.0. The van der Waals surface area contributed by atoms with Gasteiger partial charge in [0, 0.05) is 84.6 Å². The van der Waals surface area contributed by atoms with Crippen LogP contribution in [0.25, 0.3) is 22.3 Å². The number of ether oxygens (including phenoxy) is 1. The van der Waals surface area contributed by atoms with Crippen molar-refractivity contribution in [2.45, 2.75) is 12.8 Å². The molecule has 3 aromatic rings. The second-order valence-corrected chi connectivity index (χ2v) is 9.15. The third-order valence-corrected chi connectivity index (χ3v) is 7.47. The highest BCUT2D eigenvalue weighted by Gasteiger charge is 2.59. The Morgan fingerprint density at radius 1 is 1.21 bits per heavy atom. The van der Waals surface area contributed by atoms with Crippen LogP contribution in [-0.2, 0) is 6.42 Å². The molecule has 0 bridgehead atoms.